The molecule has 1 aromatic carbocycles. The van der Waals surface area contributed by atoms with Gasteiger partial charge in [-0.15, -0.1) is 0 Å². The molecule has 1 aromatic heterocycles. The number of halogens is 2. The Morgan fingerprint density at radius 1 is 1.40 bits per heavy atom. The smallest absolute Gasteiger partial charge is 0.459 e. The van der Waals surface area contributed by atoms with Crippen LogP contribution >= 0.6 is 35.3 Å². The number of carboxylic acid groups (broad SMARTS) is 1. The van der Waals surface area contributed by atoms with Crippen molar-refractivity contribution in [3.63, 3.8) is 0 Å². The summed E-state index contributed by atoms with van der Waals surface area (Å²) in [5.41, 5.74) is -1.49. The van der Waals surface area contributed by atoms with Crippen LogP contribution in [0.25, 0.3) is 0 Å². The summed E-state index contributed by atoms with van der Waals surface area (Å²) in [6.45, 7) is 0.644. The van der Waals surface area contributed by atoms with E-state index in [1.165, 1.54) is 26.2 Å². The van der Waals surface area contributed by atoms with Crippen molar-refractivity contribution in [2.45, 2.75) is 35.2 Å². The second kappa shape index (κ2) is 10.8. The first-order valence-corrected chi connectivity index (χ1v) is 12.7. The molecule has 0 spiro atoms. The van der Waals surface area contributed by atoms with Gasteiger partial charge < -0.3 is 24.2 Å². The Bertz CT molecular complexity index is 1240. The summed E-state index contributed by atoms with van der Waals surface area (Å²) in [5, 5.41) is 22.2. The number of carbonyl (C=O) groups is 1. The predicted molar refractivity (Wildman–Crippen MR) is 126 cm³/mol. The van der Waals surface area contributed by atoms with Gasteiger partial charge in [0.2, 0.25) is 0 Å². The normalized spacial score (nSPS) is 26.6. The number of benzene rings is 1. The Morgan fingerprint density at radius 2 is 2.09 bits per heavy atom. The molecule has 3 rings (SSSR count). The third-order valence-corrected chi connectivity index (χ3v) is 7.80. The molecule has 1 unspecified atom stereocenters. The van der Waals surface area contributed by atoms with Crippen LogP contribution in [0.5, 0.6) is 11.5 Å². The first kappa shape index (κ1) is 27.4. The third kappa shape index (κ3) is 6.33. The van der Waals surface area contributed by atoms with Crippen LogP contribution in [-0.4, -0.2) is 61.5 Å². The highest BCUT2D eigenvalue weighted by Crippen LogP contribution is 2.50. The van der Waals surface area contributed by atoms with E-state index in [0.717, 1.165) is 16.8 Å². The monoisotopic (exact) mass is 597 g/mol. The fourth-order valence-electron chi connectivity index (χ4n) is 3.07. The zero-order valence-corrected chi connectivity index (χ0v) is 21.5. The number of aromatic nitrogens is 2. The minimum absolute atomic E-state index is 0.0514. The first-order valence-electron chi connectivity index (χ1n) is 9.98. The van der Waals surface area contributed by atoms with Gasteiger partial charge >= 0.3 is 19.4 Å². The summed E-state index contributed by atoms with van der Waals surface area (Å²) in [4.78, 5) is 36.9. The van der Waals surface area contributed by atoms with Gasteiger partial charge in [0.1, 0.15) is 29.7 Å². The standard InChI is InChI=1S/C19H22BrClN3O10P/c1-10(16(27)28)23-35(30,34-12-5-3-4-11(8-12)31-2)32-9-13-15(26)19(20,21)17(33-13)24-7-6-14(25)22-18(24)29/h3-8,10,13,15,17,26H,9H2,1-2H3,(H,23,30)(H,27,28)(H,22,25,29)/t10-,13+,15+,17+,19-,35?/m0/s1. The van der Waals surface area contributed by atoms with Gasteiger partial charge in [-0.25, -0.2) is 9.36 Å². The van der Waals surface area contributed by atoms with Crippen LogP contribution in [0.1, 0.15) is 13.2 Å². The first-order chi connectivity index (χ1) is 16.4. The van der Waals surface area contributed by atoms with Crippen LogP contribution in [-0.2, 0) is 18.6 Å². The number of alkyl halides is 2. The van der Waals surface area contributed by atoms with E-state index in [2.05, 4.69) is 21.0 Å². The van der Waals surface area contributed by atoms with Crippen molar-refractivity contribution in [3.8, 4) is 11.5 Å². The van der Waals surface area contributed by atoms with Crippen molar-refractivity contribution >= 4 is 41.2 Å². The number of aliphatic carboxylic acids is 1. The van der Waals surface area contributed by atoms with Crippen LogP contribution in [0.15, 0.2) is 46.1 Å². The zero-order chi connectivity index (χ0) is 26.0. The van der Waals surface area contributed by atoms with Crippen molar-refractivity contribution in [2.75, 3.05) is 13.7 Å². The van der Waals surface area contributed by atoms with E-state index in [4.69, 9.17) is 30.1 Å². The molecule has 0 aliphatic carbocycles. The van der Waals surface area contributed by atoms with Gasteiger partial charge in [-0.3, -0.25) is 23.7 Å². The number of aliphatic hydroxyl groups excluding tert-OH is 1. The van der Waals surface area contributed by atoms with Crippen LogP contribution in [0.2, 0.25) is 0 Å². The molecule has 2 aromatic rings. The number of rotatable bonds is 10. The molecule has 1 aliphatic rings. The minimum Gasteiger partial charge on any atom is -0.497 e. The quantitative estimate of drug-likeness (QED) is 0.229. The number of carboxylic acids is 1. The van der Waals surface area contributed by atoms with Gasteiger partial charge in [0.15, 0.2) is 10.0 Å². The van der Waals surface area contributed by atoms with Gasteiger partial charge in [0.05, 0.1) is 13.7 Å². The number of ether oxygens (including phenoxy) is 2. The molecular weight excluding hydrogens is 577 g/mol. The second-order valence-electron chi connectivity index (χ2n) is 7.42. The summed E-state index contributed by atoms with van der Waals surface area (Å²) in [6.07, 6.45) is -2.93. The molecule has 0 bridgehead atoms. The van der Waals surface area contributed by atoms with E-state index in [9.17, 15) is 29.2 Å². The lowest BCUT2D eigenvalue weighted by molar-refractivity contribution is -0.138. The SMILES string of the molecule is COc1cccc(OP(=O)(N[C@@H](C)C(=O)O)OC[C@H]2O[C@@H](n3ccc(=O)[nH]c3=O)[C@](Cl)(Br)[C@@H]2O)c1. The fourth-order valence-corrected chi connectivity index (χ4v) is 5.49. The second-order valence-corrected chi connectivity index (χ2v) is 11.5. The Balaban J connectivity index is 1.82. The molecule has 0 amide bonds. The molecule has 4 N–H and O–H groups in total. The predicted octanol–water partition coefficient (Wildman–Crippen LogP) is 1.40. The lowest BCUT2D eigenvalue weighted by atomic mass is 10.2. The number of H-pyrrole nitrogens is 1. The number of hydrogen-bond donors (Lipinski definition) is 4. The molecule has 13 nitrogen and oxygen atoms in total. The summed E-state index contributed by atoms with van der Waals surface area (Å²) >= 11 is 9.52. The summed E-state index contributed by atoms with van der Waals surface area (Å²) in [5.74, 6) is -0.885. The fraction of sp³-hybridized carbons (Fsp3) is 0.421. The average Bonchev–Trinajstić information content (AvgIpc) is 3.01. The summed E-state index contributed by atoms with van der Waals surface area (Å²) in [6, 6.07) is 5.76. The van der Waals surface area contributed by atoms with Crippen molar-refractivity contribution in [2.24, 2.45) is 0 Å². The summed E-state index contributed by atoms with van der Waals surface area (Å²) in [7, 11) is -2.94. The van der Waals surface area contributed by atoms with E-state index < -0.39 is 59.8 Å². The van der Waals surface area contributed by atoms with Gasteiger partial charge in [-0.05, 0) is 19.1 Å². The molecule has 0 saturated carbocycles. The Kier molecular flexibility index (Phi) is 8.48. The average molecular weight is 599 g/mol. The van der Waals surface area contributed by atoms with Crippen LogP contribution in [0.4, 0.5) is 0 Å². The molecule has 16 heteroatoms. The van der Waals surface area contributed by atoms with Crippen molar-refractivity contribution in [1.82, 2.24) is 14.6 Å². The number of nitrogens with one attached hydrogen (secondary N) is 2. The van der Waals surface area contributed by atoms with Gasteiger partial charge in [-0.1, -0.05) is 33.6 Å². The van der Waals surface area contributed by atoms with Crippen molar-refractivity contribution < 1.29 is 38.1 Å². The molecule has 192 valence electrons. The van der Waals surface area contributed by atoms with Gasteiger partial charge in [0.25, 0.3) is 5.56 Å². The van der Waals surface area contributed by atoms with Crippen LogP contribution < -0.4 is 25.6 Å². The Hall–Kier alpha value is -2.19. The highest BCUT2D eigenvalue weighted by atomic mass is 79.9. The highest BCUT2D eigenvalue weighted by molar-refractivity contribution is 9.10. The topological polar surface area (TPSA) is 178 Å². The largest absolute Gasteiger partial charge is 0.497 e. The van der Waals surface area contributed by atoms with E-state index >= 15 is 0 Å². The lowest BCUT2D eigenvalue weighted by Crippen LogP contribution is -2.41. The summed E-state index contributed by atoms with van der Waals surface area (Å²) < 4.78 is 34.3. The number of methoxy groups -OCH3 is 1. The highest BCUT2D eigenvalue weighted by Gasteiger charge is 2.55. The maximum absolute atomic E-state index is 13.4. The van der Waals surface area contributed by atoms with E-state index in [0.29, 0.717) is 5.75 Å². The maximum atomic E-state index is 13.4. The third-order valence-electron chi connectivity index (χ3n) is 4.88. The molecule has 1 aliphatic heterocycles. The number of nitrogens with zero attached hydrogens (tertiary/aromatic N) is 1. The molecule has 2 heterocycles. The molecule has 1 saturated heterocycles. The minimum atomic E-state index is -4.36. The van der Waals surface area contributed by atoms with Gasteiger partial charge in [-0.2, -0.15) is 5.09 Å². The molecule has 1 fully saturated rings. The zero-order valence-electron chi connectivity index (χ0n) is 18.3. The van der Waals surface area contributed by atoms with Crippen LogP contribution in [0.3, 0.4) is 0 Å². The van der Waals surface area contributed by atoms with Crippen molar-refractivity contribution in [3.05, 3.63) is 57.4 Å². The number of hydrogen-bond acceptors (Lipinski definition) is 9. The number of aliphatic hydroxyl groups is 1. The van der Waals surface area contributed by atoms with E-state index in [1.54, 1.807) is 12.1 Å². The Labute approximate surface area is 211 Å². The molecule has 35 heavy (non-hydrogen) atoms. The van der Waals surface area contributed by atoms with Crippen LogP contribution in [0, 0.1) is 0 Å². The van der Waals surface area contributed by atoms with Gasteiger partial charge in [0, 0.05) is 18.3 Å². The molecule has 0 radical (unpaired) electrons. The number of aromatic amines is 1. The van der Waals surface area contributed by atoms with E-state index in [1.807, 2.05) is 4.98 Å². The molecular formula is C19H22BrClN3O10P. The van der Waals surface area contributed by atoms with Crippen molar-refractivity contribution in [1.29, 1.82) is 0 Å². The maximum Gasteiger partial charge on any atom is 0.459 e. The molecule has 6 atom stereocenters. The Morgan fingerprint density at radius 3 is 2.71 bits per heavy atom. The van der Waals surface area contributed by atoms with E-state index in [-0.39, 0.29) is 5.75 Å². The lowest BCUT2D eigenvalue weighted by Gasteiger charge is -2.25.